The summed E-state index contributed by atoms with van der Waals surface area (Å²) < 4.78 is 6.85. The van der Waals surface area contributed by atoms with E-state index in [2.05, 4.69) is 57.3 Å². The smallest absolute Gasteiger partial charge is 0.287 e. The number of aryl methyl sites for hydroxylation is 2. The molecule has 0 unspecified atom stereocenters. The molecule has 2 aromatic carbocycles. The van der Waals surface area contributed by atoms with Crippen LogP contribution in [0.15, 0.2) is 51.4 Å². The van der Waals surface area contributed by atoms with Crippen molar-refractivity contribution in [2.45, 2.75) is 39.2 Å². The molecule has 3 aromatic rings. The van der Waals surface area contributed by atoms with Crippen LogP contribution in [0, 0.1) is 13.8 Å². The molecule has 0 aliphatic carbocycles. The van der Waals surface area contributed by atoms with E-state index in [1.807, 2.05) is 25.1 Å². The molecule has 0 spiro atoms. The van der Waals surface area contributed by atoms with Crippen molar-refractivity contribution in [3.8, 4) is 0 Å². The maximum Gasteiger partial charge on any atom is 0.287 e. The van der Waals surface area contributed by atoms with Crippen molar-refractivity contribution in [2.24, 2.45) is 0 Å². The highest BCUT2D eigenvalue weighted by Crippen LogP contribution is 2.29. The van der Waals surface area contributed by atoms with Gasteiger partial charge in [-0.1, -0.05) is 52.2 Å². The number of carbonyl (C=O) groups is 1. The fraction of sp³-hybridized carbons (Fsp3) is 0.375. The zero-order valence-corrected chi connectivity index (χ0v) is 18.6. The zero-order valence-electron chi connectivity index (χ0n) is 17.0. The monoisotopic (exact) mass is 454 g/mol. The number of fused-ring (bicyclic) bond motifs is 1. The predicted molar refractivity (Wildman–Crippen MR) is 120 cm³/mol. The molecule has 1 N–H and O–H groups in total. The normalized spacial score (nSPS) is 16.1. The van der Waals surface area contributed by atoms with E-state index in [4.69, 9.17) is 4.42 Å². The number of amides is 1. The molecule has 4 rings (SSSR count). The molecule has 1 fully saturated rings. The molecule has 152 valence electrons. The van der Waals surface area contributed by atoms with E-state index in [0.29, 0.717) is 12.3 Å². The molecule has 0 saturated carbocycles. The molecular formula is C24H27BrN2O2. The molecule has 1 atom stereocenters. The second-order valence-electron chi connectivity index (χ2n) is 7.93. The number of hydrogen-bond acceptors (Lipinski definition) is 3. The standard InChI is InChI=1S/C24H27BrN2O2/c1-16-6-8-18(9-7-16)21(27-12-4-3-5-13-27)15-26-24(28)23-17(2)20-14-19(25)10-11-22(20)29-23/h6-11,14,21H,3-5,12-13,15H2,1-2H3,(H,26,28)/t21-/m0/s1. The quantitative estimate of drug-likeness (QED) is 0.532. The number of carbonyl (C=O) groups excluding carboxylic acids is 1. The van der Waals surface area contributed by atoms with Crippen LogP contribution in [-0.2, 0) is 0 Å². The highest BCUT2D eigenvalue weighted by molar-refractivity contribution is 9.10. The van der Waals surface area contributed by atoms with E-state index in [-0.39, 0.29) is 11.9 Å². The first kappa shape index (κ1) is 20.2. The average molecular weight is 455 g/mol. The summed E-state index contributed by atoms with van der Waals surface area (Å²) in [7, 11) is 0. The molecule has 29 heavy (non-hydrogen) atoms. The molecule has 1 aromatic heterocycles. The number of nitrogens with zero attached hydrogens (tertiary/aromatic N) is 1. The minimum absolute atomic E-state index is 0.149. The Bertz CT molecular complexity index is 1000. The Kier molecular flexibility index (Phi) is 6.07. The number of rotatable bonds is 5. The maximum atomic E-state index is 13.0. The van der Waals surface area contributed by atoms with E-state index in [1.54, 1.807) is 0 Å². The van der Waals surface area contributed by atoms with Gasteiger partial charge in [-0.05, 0) is 63.5 Å². The van der Waals surface area contributed by atoms with Crippen LogP contribution in [0.4, 0.5) is 0 Å². The van der Waals surface area contributed by atoms with Gasteiger partial charge in [0.25, 0.3) is 5.91 Å². The molecule has 1 aliphatic heterocycles. The van der Waals surface area contributed by atoms with E-state index >= 15 is 0 Å². The summed E-state index contributed by atoms with van der Waals surface area (Å²) in [5.74, 6) is 0.253. The topological polar surface area (TPSA) is 45.5 Å². The van der Waals surface area contributed by atoms with Crippen molar-refractivity contribution in [3.05, 3.63) is 69.4 Å². The van der Waals surface area contributed by atoms with Gasteiger partial charge in [0.15, 0.2) is 5.76 Å². The van der Waals surface area contributed by atoms with Crippen molar-refractivity contribution < 1.29 is 9.21 Å². The molecule has 0 radical (unpaired) electrons. The lowest BCUT2D eigenvalue weighted by molar-refractivity contribution is 0.0898. The van der Waals surface area contributed by atoms with Crippen molar-refractivity contribution in [1.82, 2.24) is 10.2 Å². The van der Waals surface area contributed by atoms with Gasteiger partial charge in [0.1, 0.15) is 5.58 Å². The molecule has 0 bridgehead atoms. The lowest BCUT2D eigenvalue weighted by Crippen LogP contribution is -2.40. The summed E-state index contributed by atoms with van der Waals surface area (Å²) in [6.45, 7) is 6.76. The third-order valence-corrected chi connectivity index (χ3v) is 6.35. The van der Waals surface area contributed by atoms with Crippen LogP contribution in [0.2, 0.25) is 0 Å². The Morgan fingerprint density at radius 3 is 2.55 bits per heavy atom. The molecule has 2 heterocycles. The second kappa shape index (κ2) is 8.72. The lowest BCUT2D eigenvalue weighted by atomic mass is 10.0. The molecule has 4 nitrogen and oxygen atoms in total. The summed E-state index contributed by atoms with van der Waals surface area (Å²) >= 11 is 3.49. The SMILES string of the molecule is Cc1ccc([C@H](CNC(=O)c2oc3ccc(Br)cc3c2C)N2CCCCC2)cc1. The molecule has 1 saturated heterocycles. The highest BCUT2D eigenvalue weighted by Gasteiger charge is 2.24. The van der Waals surface area contributed by atoms with Crippen molar-refractivity contribution in [3.63, 3.8) is 0 Å². The second-order valence-corrected chi connectivity index (χ2v) is 8.85. The van der Waals surface area contributed by atoms with Crippen LogP contribution in [0.3, 0.4) is 0 Å². The summed E-state index contributed by atoms with van der Waals surface area (Å²) in [6, 6.07) is 14.7. The van der Waals surface area contributed by atoms with E-state index in [0.717, 1.165) is 34.1 Å². The maximum absolute atomic E-state index is 13.0. The number of furan rings is 1. The molecular weight excluding hydrogens is 428 g/mol. The van der Waals surface area contributed by atoms with Gasteiger partial charge < -0.3 is 9.73 Å². The number of nitrogens with one attached hydrogen (secondary N) is 1. The summed E-state index contributed by atoms with van der Waals surface area (Å²) in [5.41, 5.74) is 4.12. The largest absolute Gasteiger partial charge is 0.451 e. The Hall–Kier alpha value is -2.11. The Balaban J connectivity index is 1.54. The number of benzene rings is 2. The minimum atomic E-state index is -0.149. The zero-order chi connectivity index (χ0) is 20.4. The van der Waals surface area contributed by atoms with Crippen LogP contribution in [0.5, 0.6) is 0 Å². The number of halogens is 1. The van der Waals surface area contributed by atoms with Crippen molar-refractivity contribution in [2.75, 3.05) is 19.6 Å². The summed E-state index contributed by atoms with van der Waals surface area (Å²) in [5, 5.41) is 4.11. The number of hydrogen-bond donors (Lipinski definition) is 1. The Morgan fingerprint density at radius 1 is 1.10 bits per heavy atom. The van der Waals surface area contributed by atoms with Crippen molar-refractivity contribution in [1.29, 1.82) is 0 Å². The van der Waals surface area contributed by atoms with Crippen LogP contribution < -0.4 is 5.32 Å². The third-order valence-electron chi connectivity index (χ3n) is 5.85. The molecule has 1 amide bonds. The van der Waals surface area contributed by atoms with Gasteiger partial charge in [-0.2, -0.15) is 0 Å². The van der Waals surface area contributed by atoms with Gasteiger partial charge in [0, 0.05) is 22.0 Å². The van der Waals surface area contributed by atoms with Gasteiger partial charge in [0.2, 0.25) is 0 Å². The van der Waals surface area contributed by atoms with Gasteiger partial charge in [-0.15, -0.1) is 0 Å². The van der Waals surface area contributed by atoms with Crippen LogP contribution in [-0.4, -0.2) is 30.4 Å². The first-order valence-electron chi connectivity index (χ1n) is 10.3. The van der Waals surface area contributed by atoms with Crippen LogP contribution in [0.25, 0.3) is 11.0 Å². The first-order chi connectivity index (χ1) is 14.0. The summed E-state index contributed by atoms with van der Waals surface area (Å²) in [4.78, 5) is 15.5. The van der Waals surface area contributed by atoms with Crippen LogP contribution >= 0.6 is 15.9 Å². The van der Waals surface area contributed by atoms with E-state index in [9.17, 15) is 4.79 Å². The van der Waals surface area contributed by atoms with Gasteiger partial charge in [0.05, 0.1) is 6.04 Å². The van der Waals surface area contributed by atoms with Crippen LogP contribution in [0.1, 0.15) is 52.5 Å². The van der Waals surface area contributed by atoms with Gasteiger partial charge in [-0.25, -0.2) is 0 Å². The first-order valence-corrected chi connectivity index (χ1v) is 11.1. The fourth-order valence-electron chi connectivity index (χ4n) is 4.16. The molecule has 5 heteroatoms. The number of piperidine rings is 1. The molecule has 1 aliphatic rings. The van der Waals surface area contributed by atoms with E-state index < -0.39 is 0 Å². The fourth-order valence-corrected chi connectivity index (χ4v) is 4.52. The van der Waals surface area contributed by atoms with Gasteiger partial charge >= 0.3 is 0 Å². The summed E-state index contributed by atoms with van der Waals surface area (Å²) in [6.07, 6.45) is 3.72. The Morgan fingerprint density at radius 2 is 1.83 bits per heavy atom. The Labute approximate surface area is 180 Å². The van der Waals surface area contributed by atoms with Gasteiger partial charge in [-0.3, -0.25) is 9.69 Å². The van der Waals surface area contributed by atoms with Crippen molar-refractivity contribution >= 4 is 32.8 Å². The predicted octanol–water partition coefficient (Wildman–Crippen LogP) is 5.77. The minimum Gasteiger partial charge on any atom is -0.451 e. The average Bonchev–Trinajstić information content (AvgIpc) is 3.06. The number of likely N-dealkylation sites (tertiary alicyclic amines) is 1. The highest BCUT2D eigenvalue weighted by atomic mass is 79.9. The lowest BCUT2D eigenvalue weighted by Gasteiger charge is -2.35. The third kappa shape index (κ3) is 4.41. The van der Waals surface area contributed by atoms with E-state index in [1.165, 1.54) is 30.4 Å².